The largest absolute Gasteiger partial charge is 0.497 e. The van der Waals surface area contributed by atoms with E-state index < -0.39 is 11.7 Å². The van der Waals surface area contributed by atoms with Crippen molar-refractivity contribution in [2.75, 3.05) is 51.3 Å². The molecule has 3 aromatic rings. The number of anilines is 1. The van der Waals surface area contributed by atoms with Crippen molar-refractivity contribution in [3.63, 3.8) is 0 Å². The molecule has 196 valence electrons. The van der Waals surface area contributed by atoms with Gasteiger partial charge in [0.2, 0.25) is 0 Å². The van der Waals surface area contributed by atoms with Crippen molar-refractivity contribution in [2.24, 2.45) is 0 Å². The maximum Gasteiger partial charge on any atom is 0.299 e. The van der Waals surface area contributed by atoms with E-state index in [0.29, 0.717) is 23.5 Å². The molecule has 2 aliphatic rings. The Kier molecular flexibility index (Phi) is 10.1. The van der Waals surface area contributed by atoms with Crippen molar-refractivity contribution in [2.45, 2.75) is 12.5 Å². The number of carbonyl (C=O) groups is 2. The Labute approximate surface area is 231 Å². The highest BCUT2D eigenvalue weighted by molar-refractivity contribution is 6.52. The van der Waals surface area contributed by atoms with E-state index in [9.17, 15) is 9.59 Å². The Morgan fingerprint density at radius 3 is 1.95 bits per heavy atom. The first-order valence-corrected chi connectivity index (χ1v) is 12.3. The lowest BCUT2D eigenvalue weighted by atomic mass is 9.96. The molecule has 1 amide bonds. The van der Waals surface area contributed by atoms with Crippen molar-refractivity contribution < 1.29 is 14.3 Å². The molecule has 5 rings (SSSR count). The topological polar surface area (TPSA) is 53.1 Å². The first-order chi connectivity index (χ1) is 17.2. The van der Waals surface area contributed by atoms with Gasteiger partial charge in [-0.2, -0.15) is 0 Å². The van der Waals surface area contributed by atoms with Gasteiger partial charge >= 0.3 is 0 Å². The van der Waals surface area contributed by atoms with Gasteiger partial charge in [-0.1, -0.05) is 60.7 Å². The van der Waals surface area contributed by atoms with Gasteiger partial charge in [0, 0.05) is 32.7 Å². The van der Waals surface area contributed by atoms with E-state index >= 15 is 0 Å². The fraction of sp³-hybridized carbons (Fsp3) is 0.310. The Morgan fingerprint density at radius 2 is 1.38 bits per heavy atom. The number of hydrogen-bond donors (Lipinski definition) is 0. The van der Waals surface area contributed by atoms with Crippen molar-refractivity contribution in [1.29, 1.82) is 0 Å². The van der Waals surface area contributed by atoms with Gasteiger partial charge in [-0.3, -0.25) is 14.5 Å². The molecule has 2 heterocycles. The number of nitrogens with zero attached hydrogens (tertiary/aromatic N) is 3. The van der Waals surface area contributed by atoms with Gasteiger partial charge in [0.1, 0.15) is 5.75 Å². The third-order valence-corrected chi connectivity index (χ3v) is 7.04. The second kappa shape index (κ2) is 13.1. The fourth-order valence-electron chi connectivity index (χ4n) is 5.21. The molecule has 1 saturated heterocycles. The van der Waals surface area contributed by atoms with Gasteiger partial charge in [0.05, 0.1) is 24.4 Å². The molecule has 0 unspecified atom stereocenters. The van der Waals surface area contributed by atoms with Gasteiger partial charge in [-0.25, -0.2) is 0 Å². The summed E-state index contributed by atoms with van der Waals surface area (Å²) in [7, 11) is 1.56. The summed E-state index contributed by atoms with van der Waals surface area (Å²) in [6.45, 7) is 5.38. The lowest BCUT2D eigenvalue weighted by Crippen LogP contribution is -2.48. The van der Waals surface area contributed by atoms with Crippen LogP contribution < -0.4 is 9.64 Å². The van der Waals surface area contributed by atoms with E-state index in [0.717, 1.165) is 39.1 Å². The highest BCUT2D eigenvalue weighted by Gasteiger charge is 2.36. The molecule has 2 aliphatic heterocycles. The zero-order chi connectivity index (χ0) is 24.2. The van der Waals surface area contributed by atoms with Crippen LogP contribution >= 0.6 is 24.8 Å². The number of ether oxygens (including phenoxy) is 1. The van der Waals surface area contributed by atoms with Crippen LogP contribution in [0.4, 0.5) is 5.69 Å². The Bertz CT molecular complexity index is 1150. The average Bonchev–Trinajstić information content (AvgIpc) is 3.15. The third kappa shape index (κ3) is 6.16. The summed E-state index contributed by atoms with van der Waals surface area (Å²) in [6, 6.07) is 27.0. The van der Waals surface area contributed by atoms with E-state index in [4.69, 9.17) is 4.74 Å². The summed E-state index contributed by atoms with van der Waals surface area (Å²) in [5.74, 6) is -0.291. The number of halogens is 2. The van der Waals surface area contributed by atoms with Crippen molar-refractivity contribution in [3.8, 4) is 5.75 Å². The maximum atomic E-state index is 12.5. The number of methoxy groups -OCH3 is 1. The first-order valence-electron chi connectivity index (χ1n) is 12.3. The number of ketones is 1. The molecule has 0 spiro atoms. The number of carbonyl (C=O) groups excluding carboxylic acids is 2. The van der Waals surface area contributed by atoms with Crippen LogP contribution in [0.3, 0.4) is 0 Å². The highest BCUT2D eigenvalue weighted by atomic mass is 35.5. The number of amides is 1. The number of benzene rings is 3. The van der Waals surface area contributed by atoms with Crippen LogP contribution in [0.2, 0.25) is 0 Å². The van der Waals surface area contributed by atoms with E-state index in [1.165, 1.54) is 11.1 Å². The lowest BCUT2D eigenvalue weighted by Gasteiger charge is -2.40. The van der Waals surface area contributed by atoms with Crippen molar-refractivity contribution in [1.82, 2.24) is 9.80 Å². The Morgan fingerprint density at radius 1 is 0.784 bits per heavy atom. The number of fused-ring (bicyclic) bond motifs is 1. The summed E-state index contributed by atoms with van der Waals surface area (Å²) in [5, 5.41) is 0. The summed E-state index contributed by atoms with van der Waals surface area (Å²) in [5.41, 5.74) is 3.77. The molecule has 3 aromatic carbocycles. The van der Waals surface area contributed by atoms with Crippen molar-refractivity contribution >= 4 is 42.2 Å². The Balaban J connectivity index is 0.00000190. The van der Waals surface area contributed by atoms with Crippen LogP contribution in [-0.2, 0) is 4.79 Å². The molecular weight excluding hydrogens is 509 g/mol. The van der Waals surface area contributed by atoms with E-state index in [2.05, 4.69) is 70.5 Å². The second-order valence-electron chi connectivity index (χ2n) is 9.12. The summed E-state index contributed by atoms with van der Waals surface area (Å²) >= 11 is 0. The molecule has 6 nitrogen and oxygen atoms in total. The quantitative estimate of drug-likeness (QED) is 0.381. The lowest BCUT2D eigenvalue weighted by molar-refractivity contribution is -0.114. The summed E-state index contributed by atoms with van der Waals surface area (Å²) in [4.78, 5) is 31.6. The first kappa shape index (κ1) is 28.7. The molecule has 0 aliphatic carbocycles. The van der Waals surface area contributed by atoms with Gasteiger partial charge in [-0.05, 0) is 42.3 Å². The Hall–Kier alpha value is -2.90. The van der Waals surface area contributed by atoms with Gasteiger partial charge in [0.15, 0.2) is 0 Å². The zero-order valence-corrected chi connectivity index (χ0v) is 22.5. The smallest absolute Gasteiger partial charge is 0.299 e. The van der Waals surface area contributed by atoms with E-state index in [-0.39, 0.29) is 30.9 Å². The maximum absolute atomic E-state index is 12.5. The molecule has 0 N–H and O–H groups in total. The van der Waals surface area contributed by atoms with Crippen LogP contribution in [0, 0.1) is 0 Å². The monoisotopic (exact) mass is 541 g/mol. The number of piperazine rings is 1. The summed E-state index contributed by atoms with van der Waals surface area (Å²) < 4.78 is 5.21. The van der Waals surface area contributed by atoms with E-state index in [1.54, 1.807) is 24.1 Å². The standard InChI is InChI=1S/C29H31N3O3.2ClH/c1-35-24-13-14-26-25(21-24)28(33)29(34)32(26)16-8-15-30-17-19-31(20-18-30)27(22-9-4-2-5-10-22)23-11-6-3-7-12-23;;/h2-7,9-14,21,27H,8,15-20H2,1H3;2*1H. The minimum atomic E-state index is -0.444. The number of hydrogen-bond acceptors (Lipinski definition) is 5. The van der Waals surface area contributed by atoms with E-state index in [1.807, 2.05) is 6.07 Å². The molecule has 0 bridgehead atoms. The molecule has 0 saturated carbocycles. The molecule has 37 heavy (non-hydrogen) atoms. The fourth-order valence-corrected chi connectivity index (χ4v) is 5.21. The predicted molar refractivity (Wildman–Crippen MR) is 152 cm³/mol. The average molecular weight is 543 g/mol. The predicted octanol–water partition coefficient (Wildman–Crippen LogP) is 4.87. The van der Waals surface area contributed by atoms with Gasteiger partial charge in [0.25, 0.3) is 11.7 Å². The molecule has 0 aromatic heterocycles. The minimum absolute atomic E-state index is 0. The van der Waals surface area contributed by atoms with Gasteiger partial charge < -0.3 is 14.5 Å². The third-order valence-electron chi connectivity index (χ3n) is 7.04. The SMILES string of the molecule is COc1ccc2c(c1)C(=O)C(=O)N2CCCN1CCN(C(c2ccccc2)c2ccccc2)CC1.Cl.Cl. The zero-order valence-electron chi connectivity index (χ0n) is 20.9. The highest BCUT2D eigenvalue weighted by Crippen LogP contribution is 2.32. The van der Waals surface area contributed by atoms with Crippen LogP contribution in [0.1, 0.15) is 33.9 Å². The molecular formula is C29H33Cl2N3O3. The van der Waals surface area contributed by atoms with Crippen LogP contribution in [0.25, 0.3) is 0 Å². The van der Waals surface area contributed by atoms with Gasteiger partial charge in [-0.15, -0.1) is 24.8 Å². The molecule has 0 atom stereocenters. The molecule has 8 heteroatoms. The number of Topliss-reactive ketones (excluding diaryl/α,β-unsaturated/α-hetero) is 1. The molecule has 0 radical (unpaired) electrons. The second-order valence-corrected chi connectivity index (χ2v) is 9.12. The van der Waals surface area contributed by atoms with Crippen LogP contribution in [-0.4, -0.2) is 67.9 Å². The van der Waals surface area contributed by atoms with Crippen LogP contribution in [0.15, 0.2) is 78.9 Å². The van der Waals surface area contributed by atoms with Crippen molar-refractivity contribution in [3.05, 3.63) is 95.6 Å². The number of rotatable bonds is 8. The summed E-state index contributed by atoms with van der Waals surface area (Å²) in [6.07, 6.45) is 0.825. The normalized spacial score (nSPS) is 15.8. The molecule has 1 fully saturated rings. The van der Waals surface area contributed by atoms with Crippen LogP contribution in [0.5, 0.6) is 5.75 Å². The minimum Gasteiger partial charge on any atom is -0.497 e.